The fourth-order valence-electron chi connectivity index (χ4n) is 7.78. The maximum Gasteiger partial charge on any atom is 0.308 e. The van der Waals surface area contributed by atoms with Crippen molar-refractivity contribution in [2.45, 2.75) is 83.1 Å². The van der Waals surface area contributed by atoms with Crippen LogP contribution < -0.4 is 31.3 Å². The summed E-state index contributed by atoms with van der Waals surface area (Å²) in [6.07, 6.45) is -0.438. The van der Waals surface area contributed by atoms with Crippen LogP contribution in [0.25, 0.3) is 10.9 Å². The monoisotopic (exact) mass is 908 g/mol. The molecule has 1 aromatic heterocycles. The van der Waals surface area contributed by atoms with Crippen LogP contribution in [0.3, 0.4) is 0 Å². The number of ether oxygens (including phenoxy) is 3. The van der Waals surface area contributed by atoms with Gasteiger partial charge in [0.05, 0.1) is 50.7 Å². The molecular weight excluding hydrogens is 851 g/mol. The molecule has 66 heavy (non-hydrogen) atoms. The number of amides is 3. The molecule has 350 valence electrons. The number of nitrogens with one attached hydrogen (secondary N) is 5. The number of hydrogen-bond donors (Lipinski definition) is 5. The van der Waals surface area contributed by atoms with Crippen molar-refractivity contribution in [1.82, 2.24) is 31.6 Å². The van der Waals surface area contributed by atoms with Gasteiger partial charge in [0.1, 0.15) is 23.9 Å². The summed E-state index contributed by atoms with van der Waals surface area (Å²) < 4.78 is 44.1. The first-order valence-electron chi connectivity index (χ1n) is 21.5. The Hall–Kier alpha value is -7.10. The van der Waals surface area contributed by atoms with E-state index < -0.39 is 89.8 Å². The van der Waals surface area contributed by atoms with Crippen LogP contribution in [0.4, 0.5) is 8.78 Å². The first kappa shape index (κ1) is 49.9. The van der Waals surface area contributed by atoms with Crippen molar-refractivity contribution in [2.24, 2.45) is 11.8 Å². The van der Waals surface area contributed by atoms with Crippen LogP contribution in [0.1, 0.15) is 62.2 Å². The van der Waals surface area contributed by atoms with E-state index in [4.69, 9.17) is 14.2 Å². The maximum absolute atomic E-state index is 14.7. The number of para-hydroxylation sites is 2. The molecule has 3 amide bonds. The topological polar surface area (TPSA) is 186 Å². The van der Waals surface area contributed by atoms with Crippen LogP contribution in [-0.2, 0) is 41.5 Å². The van der Waals surface area contributed by atoms with E-state index in [9.17, 15) is 32.8 Å². The number of carbonyl (C=O) groups excluding carboxylic acids is 5. The summed E-state index contributed by atoms with van der Waals surface area (Å²) in [4.78, 5) is 72.4. The van der Waals surface area contributed by atoms with Crippen LogP contribution in [0.2, 0.25) is 0 Å². The van der Waals surface area contributed by atoms with Gasteiger partial charge < -0.3 is 40.8 Å². The van der Waals surface area contributed by atoms with E-state index in [1.807, 2.05) is 70.2 Å². The molecule has 14 nitrogen and oxygen atoms in total. The van der Waals surface area contributed by atoms with E-state index in [-0.39, 0.29) is 53.8 Å². The Labute approximate surface area is 383 Å². The van der Waals surface area contributed by atoms with Crippen LogP contribution in [0, 0.1) is 23.5 Å². The Bertz CT molecular complexity index is 2450. The SMILES string of the molecule is C=C(COc1c(F)cccc1F)C(CC(=O)OC)NC(=O)C1(NC(=C)[C@@H](NC(=O)[C@H](CC(=O)OC)NC(=C)[C@@H](NC(=O)c2ccc3ccccc3n2)C(C)C)C(C)C)Cc2ccccc2C1. The minimum atomic E-state index is -1.42. The van der Waals surface area contributed by atoms with Crippen LogP contribution in [0.15, 0.2) is 116 Å². The van der Waals surface area contributed by atoms with E-state index in [2.05, 4.69) is 51.3 Å². The summed E-state index contributed by atoms with van der Waals surface area (Å²) in [7, 11) is 2.39. The third-order valence-electron chi connectivity index (χ3n) is 11.4. The second-order valence-electron chi connectivity index (χ2n) is 17.0. The average molecular weight is 909 g/mol. The number of hydrogen-bond acceptors (Lipinski definition) is 11. The second-order valence-corrected chi connectivity index (χ2v) is 17.0. The van der Waals surface area contributed by atoms with Gasteiger partial charge in [0.2, 0.25) is 11.8 Å². The van der Waals surface area contributed by atoms with E-state index in [1.54, 1.807) is 18.2 Å². The number of rotatable bonds is 22. The normalized spacial score (nSPS) is 14.5. The van der Waals surface area contributed by atoms with Gasteiger partial charge >= 0.3 is 11.9 Å². The molecule has 16 heteroatoms. The molecule has 0 fully saturated rings. The third-order valence-corrected chi connectivity index (χ3v) is 11.4. The van der Waals surface area contributed by atoms with Gasteiger partial charge in [-0.1, -0.05) is 102 Å². The molecule has 4 aromatic rings. The summed E-state index contributed by atoms with van der Waals surface area (Å²) >= 11 is 0. The fraction of sp³-hybridized carbons (Fsp3) is 0.360. The van der Waals surface area contributed by atoms with Crippen LogP contribution in [-0.4, -0.2) is 85.2 Å². The van der Waals surface area contributed by atoms with Gasteiger partial charge in [0.25, 0.3) is 5.91 Å². The Balaban J connectivity index is 1.36. The number of nitrogens with zero attached hydrogens (tertiary/aromatic N) is 1. The van der Waals surface area contributed by atoms with E-state index in [1.165, 1.54) is 20.3 Å². The zero-order valence-corrected chi connectivity index (χ0v) is 38.1. The summed E-state index contributed by atoms with van der Waals surface area (Å²) in [6, 6.07) is 17.7. The van der Waals surface area contributed by atoms with Crippen molar-refractivity contribution in [3.63, 3.8) is 0 Å². The smallest absolute Gasteiger partial charge is 0.308 e. The minimum Gasteiger partial charge on any atom is -0.483 e. The van der Waals surface area contributed by atoms with Crippen molar-refractivity contribution in [3.05, 3.63) is 144 Å². The molecule has 0 radical (unpaired) electrons. The first-order valence-corrected chi connectivity index (χ1v) is 21.5. The molecule has 3 aromatic carbocycles. The molecule has 1 aliphatic carbocycles. The zero-order chi connectivity index (χ0) is 48.3. The number of halogens is 2. The Morgan fingerprint density at radius 1 is 0.682 bits per heavy atom. The van der Waals surface area contributed by atoms with Gasteiger partial charge in [0, 0.05) is 29.6 Å². The molecular formula is C50H58F2N6O8. The Morgan fingerprint density at radius 3 is 1.83 bits per heavy atom. The molecule has 5 N–H and O–H groups in total. The molecule has 0 saturated carbocycles. The maximum atomic E-state index is 14.7. The van der Waals surface area contributed by atoms with Crippen molar-refractivity contribution in [1.29, 1.82) is 0 Å². The lowest BCUT2D eigenvalue weighted by atomic mass is 9.90. The highest BCUT2D eigenvalue weighted by Gasteiger charge is 2.46. The molecule has 0 aliphatic heterocycles. The number of pyridine rings is 1. The van der Waals surface area contributed by atoms with Gasteiger partial charge in [-0.25, -0.2) is 13.8 Å². The summed E-state index contributed by atoms with van der Waals surface area (Å²) in [5.74, 6) is -6.08. The van der Waals surface area contributed by atoms with E-state index in [0.29, 0.717) is 5.52 Å². The largest absolute Gasteiger partial charge is 0.483 e. The highest BCUT2D eigenvalue weighted by molar-refractivity contribution is 5.95. The van der Waals surface area contributed by atoms with Crippen LogP contribution >= 0.6 is 0 Å². The number of esters is 2. The van der Waals surface area contributed by atoms with Gasteiger partial charge in [-0.05, 0) is 52.8 Å². The van der Waals surface area contributed by atoms with Gasteiger partial charge in [-0.2, -0.15) is 0 Å². The van der Waals surface area contributed by atoms with Crippen LogP contribution in [0.5, 0.6) is 5.75 Å². The predicted molar refractivity (Wildman–Crippen MR) is 246 cm³/mol. The Kier molecular flexibility index (Phi) is 16.8. The van der Waals surface area contributed by atoms with Gasteiger partial charge in [0.15, 0.2) is 17.4 Å². The van der Waals surface area contributed by atoms with Crippen molar-refractivity contribution >= 4 is 40.6 Å². The molecule has 0 saturated heterocycles. The van der Waals surface area contributed by atoms with E-state index >= 15 is 0 Å². The molecule has 1 unspecified atom stereocenters. The summed E-state index contributed by atoms with van der Waals surface area (Å²) in [5, 5.41) is 16.1. The lowest BCUT2D eigenvalue weighted by molar-refractivity contribution is -0.143. The quantitative estimate of drug-likeness (QED) is 0.0477. The number of methoxy groups -OCH3 is 2. The number of carbonyl (C=O) groups is 5. The number of fused-ring (bicyclic) bond motifs is 2. The van der Waals surface area contributed by atoms with Crippen molar-refractivity contribution < 1.29 is 47.0 Å². The molecule has 5 rings (SSSR count). The second kappa shape index (κ2) is 22.2. The van der Waals surface area contributed by atoms with Gasteiger partial charge in [-0.15, -0.1) is 0 Å². The summed E-state index contributed by atoms with van der Waals surface area (Å²) in [6.45, 7) is 19.4. The zero-order valence-electron chi connectivity index (χ0n) is 38.1. The molecule has 1 aliphatic rings. The standard InChI is InChI=1S/C50H58F2N6O8/c1-28(2)44(56-47(61)39-22-21-33-15-12-13-20-38(33)54-39)31(6)53-41(24-43(60)65-9)48(62)57-45(29(3)4)32(7)58-50(25-34-16-10-11-17-35(34)26-50)49(63)55-40(23-42(59)64-8)30(5)27-66-46-36(51)18-14-19-37(46)52/h10-22,28-29,40-41,44-45,53,58H,5-7,23-27H2,1-4,8-9H3,(H,55,63)(H,56,61)(H,57,62)/t40?,41-,44-,45-/m0/s1. The lowest BCUT2D eigenvalue weighted by Crippen LogP contribution is -2.62. The van der Waals surface area contributed by atoms with Crippen molar-refractivity contribution in [3.8, 4) is 5.75 Å². The fourth-order valence-corrected chi connectivity index (χ4v) is 7.78. The van der Waals surface area contributed by atoms with Crippen molar-refractivity contribution in [2.75, 3.05) is 20.8 Å². The van der Waals surface area contributed by atoms with Gasteiger partial charge in [-0.3, -0.25) is 24.0 Å². The predicted octanol–water partition coefficient (Wildman–Crippen LogP) is 5.77. The molecule has 4 atom stereocenters. The first-order chi connectivity index (χ1) is 31.4. The molecule has 1 heterocycles. The molecule has 0 spiro atoms. The minimum absolute atomic E-state index is 0.128. The Morgan fingerprint density at radius 2 is 1.24 bits per heavy atom. The summed E-state index contributed by atoms with van der Waals surface area (Å²) in [5.41, 5.74) is 1.78. The lowest BCUT2D eigenvalue weighted by Gasteiger charge is -2.37. The third kappa shape index (κ3) is 12.4. The highest BCUT2D eigenvalue weighted by Crippen LogP contribution is 2.33. The highest BCUT2D eigenvalue weighted by atomic mass is 19.1. The number of benzene rings is 3. The molecule has 0 bridgehead atoms. The number of aromatic nitrogens is 1. The van der Waals surface area contributed by atoms with E-state index in [0.717, 1.165) is 28.6 Å². The average Bonchev–Trinajstić information content (AvgIpc) is 3.67.